The lowest BCUT2D eigenvalue weighted by Gasteiger charge is -2.35. The Morgan fingerprint density at radius 2 is 1.97 bits per heavy atom. The van der Waals surface area contributed by atoms with Crippen LogP contribution in [0.4, 0.5) is 4.79 Å². The Kier molecular flexibility index (Phi) is 6.47. The minimum absolute atomic E-state index is 0.175. The number of H-pyrrole nitrogens is 1. The topological polar surface area (TPSA) is 74.8 Å². The standard InChI is InChI=1S/C26H29ClN2O4/c27-19-7-10-23-22(15-19)21-11-12-29(26(31)33-16-17-3-4-17)25(24(21)28-23)18-5-8-20(9-6-18)32-14-2-1-13-30/h5-10,15,17,25,28,30H,1-4,11-14,16H2. The van der Waals surface area contributed by atoms with Crippen LogP contribution in [0.1, 0.15) is 48.5 Å². The molecule has 2 aromatic carbocycles. The van der Waals surface area contributed by atoms with Crippen LogP contribution in [0.15, 0.2) is 42.5 Å². The quantitative estimate of drug-likeness (QED) is 0.430. The fourth-order valence-electron chi connectivity index (χ4n) is 4.51. The first kappa shape index (κ1) is 22.1. The third-order valence-corrected chi connectivity index (χ3v) is 6.72. The summed E-state index contributed by atoms with van der Waals surface area (Å²) in [7, 11) is 0. The van der Waals surface area contributed by atoms with E-state index in [2.05, 4.69) is 4.98 Å². The van der Waals surface area contributed by atoms with E-state index in [0.717, 1.165) is 60.0 Å². The van der Waals surface area contributed by atoms with Gasteiger partial charge in [-0.1, -0.05) is 23.7 Å². The van der Waals surface area contributed by atoms with Crippen LogP contribution in [-0.2, 0) is 11.2 Å². The number of aromatic nitrogens is 1. The number of halogens is 1. The average Bonchev–Trinajstić information content (AvgIpc) is 3.59. The summed E-state index contributed by atoms with van der Waals surface area (Å²) in [5, 5.41) is 10.7. The zero-order chi connectivity index (χ0) is 22.8. The van der Waals surface area contributed by atoms with Crippen molar-refractivity contribution in [3.05, 3.63) is 64.3 Å². The zero-order valence-electron chi connectivity index (χ0n) is 18.6. The van der Waals surface area contributed by atoms with E-state index >= 15 is 0 Å². The molecule has 174 valence electrons. The molecule has 6 nitrogen and oxygen atoms in total. The molecule has 33 heavy (non-hydrogen) atoms. The molecule has 1 saturated carbocycles. The summed E-state index contributed by atoms with van der Waals surface area (Å²) in [6.45, 7) is 1.82. The molecule has 0 radical (unpaired) electrons. The molecular formula is C26H29ClN2O4. The Labute approximate surface area is 198 Å². The summed E-state index contributed by atoms with van der Waals surface area (Å²) in [6.07, 6.45) is 4.30. The van der Waals surface area contributed by atoms with Crippen LogP contribution in [0, 0.1) is 5.92 Å². The average molecular weight is 469 g/mol. The first-order valence-corrected chi connectivity index (χ1v) is 12.1. The largest absolute Gasteiger partial charge is 0.494 e. The number of carbonyl (C=O) groups excluding carboxylic acids is 1. The highest BCUT2D eigenvalue weighted by molar-refractivity contribution is 6.31. The van der Waals surface area contributed by atoms with Gasteiger partial charge in [-0.25, -0.2) is 4.79 Å². The molecule has 3 aromatic rings. The first-order chi connectivity index (χ1) is 16.1. The van der Waals surface area contributed by atoms with Gasteiger partial charge in [-0.3, -0.25) is 4.90 Å². The number of fused-ring (bicyclic) bond motifs is 3. The van der Waals surface area contributed by atoms with Crippen LogP contribution >= 0.6 is 11.6 Å². The van der Waals surface area contributed by atoms with E-state index in [1.807, 2.05) is 47.4 Å². The zero-order valence-corrected chi connectivity index (χ0v) is 19.3. The number of hydrogen-bond donors (Lipinski definition) is 2. The number of amides is 1. The summed E-state index contributed by atoms with van der Waals surface area (Å²) in [4.78, 5) is 18.5. The highest BCUT2D eigenvalue weighted by Gasteiger charge is 2.36. The minimum Gasteiger partial charge on any atom is -0.494 e. The van der Waals surface area contributed by atoms with Gasteiger partial charge < -0.3 is 19.6 Å². The Balaban J connectivity index is 1.45. The molecule has 0 bridgehead atoms. The molecule has 0 saturated heterocycles. The van der Waals surface area contributed by atoms with E-state index in [-0.39, 0.29) is 18.7 Å². The van der Waals surface area contributed by atoms with Crippen molar-refractivity contribution in [2.45, 2.75) is 38.1 Å². The molecule has 2 heterocycles. The second kappa shape index (κ2) is 9.65. The maximum absolute atomic E-state index is 13.1. The van der Waals surface area contributed by atoms with Gasteiger partial charge in [0.05, 0.1) is 13.2 Å². The lowest BCUT2D eigenvalue weighted by Crippen LogP contribution is -2.41. The molecule has 1 aliphatic heterocycles. The molecule has 2 aliphatic rings. The number of nitrogens with one attached hydrogen (secondary N) is 1. The van der Waals surface area contributed by atoms with Gasteiger partial charge in [-0.2, -0.15) is 0 Å². The maximum atomic E-state index is 13.1. The lowest BCUT2D eigenvalue weighted by molar-refractivity contribution is 0.0852. The Bertz CT molecular complexity index is 1120. The summed E-state index contributed by atoms with van der Waals surface area (Å²) >= 11 is 6.28. The third kappa shape index (κ3) is 4.82. The summed E-state index contributed by atoms with van der Waals surface area (Å²) in [6, 6.07) is 13.5. The molecule has 5 rings (SSSR count). The second-order valence-electron chi connectivity index (χ2n) is 8.92. The normalized spacial score (nSPS) is 17.8. The van der Waals surface area contributed by atoms with Crippen molar-refractivity contribution in [2.24, 2.45) is 5.92 Å². The number of benzene rings is 2. The van der Waals surface area contributed by atoms with Crippen molar-refractivity contribution in [3.8, 4) is 5.75 Å². The van der Waals surface area contributed by atoms with E-state index in [0.29, 0.717) is 30.7 Å². The predicted octanol–water partition coefficient (Wildman–Crippen LogP) is 5.47. The lowest BCUT2D eigenvalue weighted by atomic mass is 9.92. The Morgan fingerprint density at radius 3 is 2.73 bits per heavy atom. The highest BCUT2D eigenvalue weighted by Crippen LogP contribution is 2.40. The second-order valence-corrected chi connectivity index (χ2v) is 9.36. The van der Waals surface area contributed by atoms with Crippen LogP contribution in [-0.4, -0.2) is 47.4 Å². The van der Waals surface area contributed by atoms with Gasteiger partial charge in [0.25, 0.3) is 0 Å². The van der Waals surface area contributed by atoms with Crippen molar-refractivity contribution in [3.63, 3.8) is 0 Å². The van der Waals surface area contributed by atoms with Crippen molar-refractivity contribution in [1.29, 1.82) is 0 Å². The van der Waals surface area contributed by atoms with Gasteiger partial charge in [0.15, 0.2) is 0 Å². The van der Waals surface area contributed by atoms with Crippen LogP contribution in [0.25, 0.3) is 10.9 Å². The van der Waals surface area contributed by atoms with Crippen LogP contribution < -0.4 is 4.74 Å². The van der Waals surface area contributed by atoms with Crippen molar-refractivity contribution in [2.75, 3.05) is 26.4 Å². The summed E-state index contributed by atoms with van der Waals surface area (Å²) < 4.78 is 11.5. The van der Waals surface area contributed by atoms with Gasteiger partial charge in [-0.15, -0.1) is 0 Å². The Hall–Kier alpha value is -2.70. The molecular weight excluding hydrogens is 440 g/mol. The van der Waals surface area contributed by atoms with Gasteiger partial charge in [0, 0.05) is 34.8 Å². The number of aliphatic hydroxyl groups excluding tert-OH is 1. The number of aromatic amines is 1. The molecule has 1 fully saturated rings. The van der Waals surface area contributed by atoms with Crippen LogP contribution in [0.2, 0.25) is 5.02 Å². The monoisotopic (exact) mass is 468 g/mol. The maximum Gasteiger partial charge on any atom is 0.410 e. The van der Waals surface area contributed by atoms with Gasteiger partial charge in [-0.05, 0) is 79.5 Å². The fourth-order valence-corrected chi connectivity index (χ4v) is 4.68. The highest BCUT2D eigenvalue weighted by atomic mass is 35.5. The summed E-state index contributed by atoms with van der Waals surface area (Å²) in [5.74, 6) is 1.30. The number of unbranched alkanes of at least 4 members (excludes halogenated alkanes) is 1. The number of nitrogens with zero attached hydrogens (tertiary/aromatic N) is 1. The van der Waals surface area contributed by atoms with Gasteiger partial charge in [0.1, 0.15) is 11.8 Å². The predicted molar refractivity (Wildman–Crippen MR) is 128 cm³/mol. The van der Waals surface area contributed by atoms with Crippen molar-refractivity contribution in [1.82, 2.24) is 9.88 Å². The van der Waals surface area contributed by atoms with E-state index in [1.54, 1.807) is 0 Å². The fraction of sp³-hybridized carbons (Fsp3) is 0.423. The Morgan fingerprint density at radius 1 is 1.15 bits per heavy atom. The van der Waals surface area contributed by atoms with E-state index < -0.39 is 0 Å². The van der Waals surface area contributed by atoms with Crippen LogP contribution in [0.3, 0.4) is 0 Å². The molecule has 1 aliphatic carbocycles. The number of rotatable bonds is 8. The van der Waals surface area contributed by atoms with E-state index in [9.17, 15) is 4.79 Å². The molecule has 1 amide bonds. The molecule has 1 aromatic heterocycles. The van der Waals surface area contributed by atoms with E-state index in [4.69, 9.17) is 26.2 Å². The smallest absolute Gasteiger partial charge is 0.410 e. The number of ether oxygens (including phenoxy) is 2. The molecule has 7 heteroatoms. The van der Waals surface area contributed by atoms with Gasteiger partial charge >= 0.3 is 6.09 Å². The summed E-state index contributed by atoms with van der Waals surface area (Å²) in [5.41, 5.74) is 4.23. The van der Waals surface area contributed by atoms with E-state index in [1.165, 1.54) is 5.56 Å². The first-order valence-electron chi connectivity index (χ1n) is 11.7. The number of carbonyl (C=O) groups is 1. The van der Waals surface area contributed by atoms with Crippen LogP contribution in [0.5, 0.6) is 5.75 Å². The molecule has 2 N–H and O–H groups in total. The molecule has 0 spiro atoms. The van der Waals surface area contributed by atoms with Gasteiger partial charge in [0.2, 0.25) is 0 Å². The SMILES string of the molecule is O=C(OCC1CC1)N1CCc2c([nH]c3ccc(Cl)cc23)C1c1ccc(OCCCCO)cc1. The number of aliphatic hydroxyl groups is 1. The minimum atomic E-state index is -0.268. The number of hydrogen-bond acceptors (Lipinski definition) is 4. The third-order valence-electron chi connectivity index (χ3n) is 6.48. The van der Waals surface area contributed by atoms with Crippen molar-refractivity contribution < 1.29 is 19.4 Å². The van der Waals surface area contributed by atoms with Crippen molar-refractivity contribution >= 4 is 28.6 Å². The molecule has 1 atom stereocenters. The molecule has 1 unspecified atom stereocenters.